The summed E-state index contributed by atoms with van der Waals surface area (Å²) in [6.07, 6.45) is 0. The molecule has 27 heavy (non-hydrogen) atoms. The lowest BCUT2D eigenvalue weighted by Gasteiger charge is -2.29. The topological polar surface area (TPSA) is 48.9 Å². The Kier molecular flexibility index (Phi) is 6.65. The van der Waals surface area contributed by atoms with Gasteiger partial charge in [-0.1, -0.05) is 36.4 Å². The lowest BCUT2D eigenvalue weighted by atomic mass is 10.1. The van der Waals surface area contributed by atoms with E-state index in [2.05, 4.69) is 34.7 Å². The van der Waals surface area contributed by atoms with Crippen molar-refractivity contribution in [3.63, 3.8) is 0 Å². The Hall–Kier alpha value is -2.60. The van der Waals surface area contributed by atoms with Gasteiger partial charge in [-0.3, -0.25) is 4.99 Å². The van der Waals surface area contributed by atoms with Gasteiger partial charge in [0.25, 0.3) is 0 Å². The summed E-state index contributed by atoms with van der Waals surface area (Å²) < 4.78 is 19.8. The zero-order valence-electron chi connectivity index (χ0n) is 15.9. The molecule has 0 radical (unpaired) electrons. The lowest BCUT2D eigenvalue weighted by Crippen LogP contribution is -2.38. The first kappa shape index (κ1) is 19.2. The molecule has 1 unspecified atom stereocenters. The molecule has 5 nitrogen and oxygen atoms in total. The van der Waals surface area contributed by atoms with Gasteiger partial charge in [-0.2, -0.15) is 0 Å². The minimum Gasteiger partial charge on any atom is -0.378 e. The maximum atomic E-state index is 14.5. The van der Waals surface area contributed by atoms with E-state index in [4.69, 9.17) is 4.74 Å². The van der Waals surface area contributed by atoms with Crippen LogP contribution in [0.3, 0.4) is 0 Å². The molecule has 0 aromatic heterocycles. The highest BCUT2D eigenvalue weighted by Crippen LogP contribution is 2.21. The van der Waals surface area contributed by atoms with Crippen LogP contribution in [0.2, 0.25) is 0 Å². The summed E-state index contributed by atoms with van der Waals surface area (Å²) in [5, 5.41) is 6.61. The number of hydrogen-bond acceptors (Lipinski definition) is 3. The van der Waals surface area contributed by atoms with Gasteiger partial charge in [0, 0.05) is 26.7 Å². The van der Waals surface area contributed by atoms with Crippen LogP contribution in [0.15, 0.2) is 53.5 Å². The van der Waals surface area contributed by atoms with Gasteiger partial charge in [-0.25, -0.2) is 4.39 Å². The quantitative estimate of drug-likeness (QED) is 0.627. The highest BCUT2D eigenvalue weighted by Gasteiger charge is 2.15. The van der Waals surface area contributed by atoms with Crippen LogP contribution < -0.4 is 15.5 Å². The SMILES string of the molecule is CN=C(NCc1ccc(N2CCOCC2)c(F)c1)NC(C)c1ccccc1. The summed E-state index contributed by atoms with van der Waals surface area (Å²) in [5.74, 6) is 0.487. The van der Waals surface area contributed by atoms with E-state index in [1.807, 2.05) is 35.2 Å². The van der Waals surface area contributed by atoms with Crippen molar-refractivity contribution in [3.05, 3.63) is 65.5 Å². The number of hydrogen-bond donors (Lipinski definition) is 2. The number of halogens is 1. The van der Waals surface area contributed by atoms with Crippen LogP contribution >= 0.6 is 0 Å². The van der Waals surface area contributed by atoms with E-state index in [0.29, 0.717) is 31.4 Å². The summed E-state index contributed by atoms with van der Waals surface area (Å²) in [6.45, 7) is 5.32. The first-order valence-electron chi connectivity index (χ1n) is 9.30. The van der Waals surface area contributed by atoms with Crippen molar-refractivity contribution in [1.82, 2.24) is 10.6 Å². The highest BCUT2D eigenvalue weighted by atomic mass is 19.1. The summed E-state index contributed by atoms with van der Waals surface area (Å²) in [7, 11) is 1.73. The first-order chi connectivity index (χ1) is 13.2. The van der Waals surface area contributed by atoms with Gasteiger partial charge in [0.2, 0.25) is 0 Å². The number of nitrogens with zero attached hydrogens (tertiary/aromatic N) is 2. The van der Waals surface area contributed by atoms with E-state index in [1.54, 1.807) is 13.1 Å². The number of nitrogens with one attached hydrogen (secondary N) is 2. The van der Waals surface area contributed by atoms with Gasteiger partial charge >= 0.3 is 0 Å². The standard InChI is InChI=1S/C21H27FN4O/c1-16(18-6-4-3-5-7-18)25-21(23-2)24-15-17-8-9-20(19(22)14-17)26-10-12-27-13-11-26/h3-9,14,16H,10-13,15H2,1-2H3,(H2,23,24,25). The third-order valence-electron chi connectivity index (χ3n) is 4.70. The van der Waals surface area contributed by atoms with E-state index in [-0.39, 0.29) is 11.9 Å². The van der Waals surface area contributed by atoms with Gasteiger partial charge in [0.05, 0.1) is 24.9 Å². The second kappa shape index (κ2) is 9.37. The maximum Gasteiger partial charge on any atom is 0.191 e. The Morgan fingerprint density at radius 1 is 1.19 bits per heavy atom. The van der Waals surface area contributed by atoms with Gasteiger partial charge in [-0.05, 0) is 30.2 Å². The fourth-order valence-electron chi connectivity index (χ4n) is 3.13. The molecule has 2 aromatic rings. The maximum absolute atomic E-state index is 14.5. The number of rotatable bonds is 5. The van der Waals surface area contributed by atoms with Crippen LogP contribution in [0.4, 0.5) is 10.1 Å². The van der Waals surface area contributed by atoms with Crippen LogP contribution in [-0.4, -0.2) is 39.3 Å². The first-order valence-corrected chi connectivity index (χ1v) is 9.30. The van der Waals surface area contributed by atoms with Gasteiger partial charge in [0.1, 0.15) is 5.82 Å². The zero-order chi connectivity index (χ0) is 19.1. The lowest BCUT2D eigenvalue weighted by molar-refractivity contribution is 0.122. The number of aliphatic imine (C=N–C) groups is 1. The summed E-state index contributed by atoms with van der Waals surface area (Å²) in [4.78, 5) is 6.29. The molecule has 2 aromatic carbocycles. The fraction of sp³-hybridized carbons (Fsp3) is 0.381. The molecular weight excluding hydrogens is 343 g/mol. The average Bonchev–Trinajstić information content (AvgIpc) is 2.72. The van der Waals surface area contributed by atoms with Gasteiger partial charge in [-0.15, -0.1) is 0 Å². The van der Waals surface area contributed by atoms with Crippen molar-refractivity contribution in [1.29, 1.82) is 0 Å². The number of benzene rings is 2. The minimum atomic E-state index is -0.197. The van der Waals surface area contributed by atoms with Crippen LogP contribution in [0.1, 0.15) is 24.1 Å². The molecule has 144 valence electrons. The molecule has 1 atom stereocenters. The van der Waals surface area contributed by atoms with Crippen molar-refractivity contribution in [2.45, 2.75) is 19.5 Å². The van der Waals surface area contributed by atoms with Crippen LogP contribution in [0, 0.1) is 5.82 Å². The molecule has 1 aliphatic rings. The summed E-state index contributed by atoms with van der Waals surface area (Å²) in [6, 6.07) is 15.7. The second-order valence-corrected chi connectivity index (χ2v) is 6.59. The zero-order valence-corrected chi connectivity index (χ0v) is 15.9. The number of ether oxygens (including phenoxy) is 1. The highest BCUT2D eigenvalue weighted by molar-refractivity contribution is 5.80. The molecule has 6 heteroatoms. The van der Waals surface area contributed by atoms with Crippen molar-refractivity contribution in [2.24, 2.45) is 4.99 Å². The predicted octanol–water partition coefficient (Wildman–Crippen LogP) is 3.09. The Morgan fingerprint density at radius 2 is 1.93 bits per heavy atom. The molecule has 1 fully saturated rings. The molecule has 0 bridgehead atoms. The summed E-state index contributed by atoms with van der Waals surface area (Å²) in [5.41, 5.74) is 2.70. The molecule has 0 spiro atoms. The Bertz CT molecular complexity index is 760. The third-order valence-corrected chi connectivity index (χ3v) is 4.70. The third kappa shape index (κ3) is 5.20. The van der Waals surface area contributed by atoms with Crippen molar-refractivity contribution < 1.29 is 9.13 Å². The molecule has 2 N–H and O–H groups in total. The molecule has 0 saturated carbocycles. The van der Waals surface area contributed by atoms with E-state index in [1.165, 1.54) is 5.56 Å². The second-order valence-electron chi connectivity index (χ2n) is 6.59. The van der Waals surface area contributed by atoms with Crippen molar-refractivity contribution >= 4 is 11.6 Å². The Balaban J connectivity index is 1.57. The Labute approximate surface area is 160 Å². The van der Waals surface area contributed by atoms with Crippen LogP contribution in [0.25, 0.3) is 0 Å². The van der Waals surface area contributed by atoms with Gasteiger partial charge in [0.15, 0.2) is 5.96 Å². The molecule has 1 aliphatic heterocycles. The smallest absolute Gasteiger partial charge is 0.191 e. The van der Waals surface area contributed by atoms with E-state index >= 15 is 0 Å². The average molecular weight is 370 g/mol. The minimum absolute atomic E-state index is 0.123. The largest absolute Gasteiger partial charge is 0.378 e. The number of anilines is 1. The van der Waals surface area contributed by atoms with Crippen LogP contribution in [-0.2, 0) is 11.3 Å². The molecule has 0 amide bonds. The fourth-order valence-corrected chi connectivity index (χ4v) is 3.13. The van der Waals surface area contributed by atoms with E-state index < -0.39 is 0 Å². The molecule has 0 aliphatic carbocycles. The Morgan fingerprint density at radius 3 is 2.59 bits per heavy atom. The monoisotopic (exact) mass is 370 g/mol. The molecule has 3 rings (SSSR count). The summed E-state index contributed by atoms with van der Waals surface area (Å²) >= 11 is 0. The normalized spacial score (nSPS) is 16.1. The predicted molar refractivity (Wildman–Crippen MR) is 108 cm³/mol. The van der Waals surface area contributed by atoms with Crippen LogP contribution in [0.5, 0.6) is 0 Å². The van der Waals surface area contributed by atoms with Crippen molar-refractivity contribution in [3.8, 4) is 0 Å². The number of morpholine rings is 1. The van der Waals surface area contributed by atoms with E-state index in [9.17, 15) is 4.39 Å². The van der Waals surface area contributed by atoms with Gasteiger partial charge < -0.3 is 20.3 Å². The van der Waals surface area contributed by atoms with E-state index in [0.717, 1.165) is 18.7 Å². The molecule has 1 saturated heterocycles. The molecule has 1 heterocycles. The van der Waals surface area contributed by atoms with Crippen molar-refractivity contribution in [2.75, 3.05) is 38.3 Å². The number of guanidine groups is 1. The molecular formula is C21H27FN4O.